The van der Waals surface area contributed by atoms with Gasteiger partial charge < -0.3 is 10.1 Å². The van der Waals surface area contributed by atoms with Crippen LogP contribution in [0.25, 0.3) is 0 Å². The summed E-state index contributed by atoms with van der Waals surface area (Å²) in [7, 11) is 0. The number of ether oxygens (including phenoxy) is 1. The van der Waals surface area contributed by atoms with E-state index >= 15 is 0 Å². The first-order valence-corrected chi connectivity index (χ1v) is 9.19. The fourth-order valence-corrected chi connectivity index (χ4v) is 5.20. The van der Waals surface area contributed by atoms with Crippen LogP contribution in [0, 0.1) is 5.92 Å². The van der Waals surface area contributed by atoms with Gasteiger partial charge in [-0.05, 0) is 51.5 Å². The molecule has 1 saturated carbocycles. The molecule has 5 unspecified atom stereocenters. The quantitative estimate of drug-likeness (QED) is 0.801. The number of nitrogens with one attached hydrogen (secondary N) is 1. The van der Waals surface area contributed by atoms with Gasteiger partial charge in [0.2, 0.25) is 0 Å². The smallest absolute Gasteiger partial charge is 0.0666 e. The molecule has 0 aromatic heterocycles. The Bertz CT molecular complexity index is 261. The highest BCUT2D eigenvalue weighted by Crippen LogP contribution is 2.39. The van der Waals surface area contributed by atoms with E-state index in [0.29, 0.717) is 6.10 Å². The van der Waals surface area contributed by atoms with Crippen molar-refractivity contribution in [1.82, 2.24) is 5.32 Å². The summed E-state index contributed by atoms with van der Waals surface area (Å²) in [5, 5.41) is 5.33. The molecule has 3 heteroatoms. The van der Waals surface area contributed by atoms with Crippen LogP contribution in [-0.4, -0.2) is 35.8 Å². The molecular formula is C16H31NOS. The van der Waals surface area contributed by atoms with Crippen molar-refractivity contribution in [2.45, 2.75) is 81.9 Å². The van der Waals surface area contributed by atoms with Gasteiger partial charge in [0, 0.05) is 23.1 Å². The average Bonchev–Trinajstić information content (AvgIpc) is 2.83. The molecule has 2 aliphatic rings. The summed E-state index contributed by atoms with van der Waals surface area (Å²) in [5.41, 5.74) is 0. The van der Waals surface area contributed by atoms with E-state index in [-0.39, 0.29) is 0 Å². The Hall–Kier alpha value is 0.270. The monoisotopic (exact) mass is 285 g/mol. The van der Waals surface area contributed by atoms with E-state index in [4.69, 9.17) is 4.74 Å². The molecule has 19 heavy (non-hydrogen) atoms. The van der Waals surface area contributed by atoms with Crippen molar-refractivity contribution in [1.29, 1.82) is 0 Å². The van der Waals surface area contributed by atoms with Gasteiger partial charge in [-0.3, -0.25) is 0 Å². The largest absolute Gasteiger partial charge is 0.377 e. The van der Waals surface area contributed by atoms with Crippen molar-refractivity contribution in [2.75, 3.05) is 13.2 Å². The normalized spacial score (nSPS) is 39.6. The second kappa shape index (κ2) is 7.90. The van der Waals surface area contributed by atoms with Crippen molar-refractivity contribution >= 4 is 11.8 Å². The van der Waals surface area contributed by atoms with Crippen molar-refractivity contribution in [2.24, 2.45) is 5.92 Å². The number of hydrogen-bond acceptors (Lipinski definition) is 3. The maximum absolute atomic E-state index is 5.74. The lowest BCUT2D eigenvalue weighted by Crippen LogP contribution is -2.44. The minimum atomic E-state index is 0.457. The third kappa shape index (κ3) is 4.37. The molecule has 0 aromatic rings. The zero-order chi connectivity index (χ0) is 13.7. The first kappa shape index (κ1) is 15.7. The molecule has 1 aliphatic carbocycles. The predicted molar refractivity (Wildman–Crippen MR) is 84.9 cm³/mol. The van der Waals surface area contributed by atoms with E-state index in [0.717, 1.165) is 29.1 Å². The number of rotatable bonds is 6. The maximum Gasteiger partial charge on any atom is 0.0666 e. The Labute approximate surface area is 123 Å². The summed E-state index contributed by atoms with van der Waals surface area (Å²) in [6.07, 6.45) is 8.51. The molecule has 0 radical (unpaired) electrons. The summed E-state index contributed by atoms with van der Waals surface area (Å²) in [5.74, 6) is 0.954. The summed E-state index contributed by atoms with van der Waals surface area (Å²) >= 11 is 2.23. The Morgan fingerprint density at radius 1 is 1.16 bits per heavy atom. The second-order valence-corrected chi connectivity index (χ2v) is 7.71. The van der Waals surface area contributed by atoms with Crippen LogP contribution in [0.5, 0.6) is 0 Å². The molecule has 0 spiro atoms. The van der Waals surface area contributed by atoms with Gasteiger partial charge in [0.1, 0.15) is 0 Å². The standard InChI is InChI=1S/C16H31NOS/c1-4-9-17-14-7-6-13(5-2)11-16(14)19-15-8-10-18-12(15)3/h12-17H,4-11H2,1-3H3. The first-order chi connectivity index (χ1) is 9.24. The lowest BCUT2D eigenvalue weighted by atomic mass is 9.84. The van der Waals surface area contributed by atoms with Crippen molar-refractivity contribution in [3.05, 3.63) is 0 Å². The van der Waals surface area contributed by atoms with E-state index in [1.165, 1.54) is 45.1 Å². The predicted octanol–water partition coefficient (Wildman–Crippen LogP) is 3.84. The number of thioether (sulfide) groups is 1. The van der Waals surface area contributed by atoms with Gasteiger partial charge in [-0.15, -0.1) is 0 Å². The molecule has 0 aromatic carbocycles. The number of hydrogen-bond donors (Lipinski definition) is 1. The lowest BCUT2D eigenvalue weighted by molar-refractivity contribution is 0.127. The zero-order valence-electron chi connectivity index (χ0n) is 12.9. The molecule has 112 valence electrons. The average molecular weight is 285 g/mol. The molecular weight excluding hydrogens is 254 g/mol. The third-order valence-corrected chi connectivity index (χ3v) is 6.63. The van der Waals surface area contributed by atoms with Crippen molar-refractivity contribution < 1.29 is 4.74 Å². The first-order valence-electron chi connectivity index (χ1n) is 8.25. The molecule has 2 rings (SSSR count). The van der Waals surface area contributed by atoms with Crippen LogP contribution in [0.2, 0.25) is 0 Å². The van der Waals surface area contributed by atoms with Gasteiger partial charge in [-0.2, -0.15) is 11.8 Å². The molecule has 2 fully saturated rings. The van der Waals surface area contributed by atoms with Crippen LogP contribution in [-0.2, 0) is 4.74 Å². The van der Waals surface area contributed by atoms with Crippen molar-refractivity contribution in [3.63, 3.8) is 0 Å². The Kier molecular flexibility index (Phi) is 6.51. The maximum atomic E-state index is 5.74. The minimum absolute atomic E-state index is 0.457. The van der Waals surface area contributed by atoms with E-state index in [9.17, 15) is 0 Å². The van der Waals surface area contributed by atoms with Gasteiger partial charge in [0.25, 0.3) is 0 Å². The van der Waals surface area contributed by atoms with Gasteiger partial charge in [0.05, 0.1) is 6.10 Å². The van der Waals surface area contributed by atoms with Crippen LogP contribution >= 0.6 is 11.8 Å². The highest BCUT2D eigenvalue weighted by atomic mass is 32.2. The molecule has 0 amide bonds. The fraction of sp³-hybridized carbons (Fsp3) is 1.00. The molecule has 0 bridgehead atoms. The molecule has 1 saturated heterocycles. The fourth-order valence-electron chi connectivity index (χ4n) is 3.41. The van der Waals surface area contributed by atoms with E-state index < -0.39 is 0 Å². The summed E-state index contributed by atoms with van der Waals surface area (Å²) in [6, 6.07) is 0.737. The van der Waals surface area contributed by atoms with Gasteiger partial charge >= 0.3 is 0 Å². The van der Waals surface area contributed by atoms with Crippen molar-refractivity contribution in [3.8, 4) is 0 Å². The minimum Gasteiger partial charge on any atom is -0.377 e. The Morgan fingerprint density at radius 3 is 2.63 bits per heavy atom. The zero-order valence-corrected chi connectivity index (χ0v) is 13.7. The highest BCUT2D eigenvalue weighted by molar-refractivity contribution is 8.00. The van der Waals surface area contributed by atoms with Crippen LogP contribution in [0.4, 0.5) is 0 Å². The van der Waals surface area contributed by atoms with Gasteiger partial charge in [0.15, 0.2) is 0 Å². The molecule has 1 N–H and O–H groups in total. The third-order valence-electron chi connectivity index (χ3n) is 4.79. The summed E-state index contributed by atoms with van der Waals surface area (Å²) < 4.78 is 5.74. The van der Waals surface area contributed by atoms with E-state index in [2.05, 4.69) is 37.8 Å². The highest BCUT2D eigenvalue weighted by Gasteiger charge is 2.34. The molecule has 2 nitrogen and oxygen atoms in total. The second-order valence-electron chi connectivity index (χ2n) is 6.23. The molecule has 1 aliphatic heterocycles. The van der Waals surface area contributed by atoms with Gasteiger partial charge in [-0.1, -0.05) is 20.3 Å². The Morgan fingerprint density at radius 2 is 2.00 bits per heavy atom. The lowest BCUT2D eigenvalue weighted by Gasteiger charge is -2.37. The molecule has 1 heterocycles. The Balaban J connectivity index is 1.90. The summed E-state index contributed by atoms with van der Waals surface area (Å²) in [6.45, 7) is 9.01. The van der Waals surface area contributed by atoms with Gasteiger partial charge in [-0.25, -0.2) is 0 Å². The van der Waals surface area contributed by atoms with E-state index in [1.807, 2.05) is 0 Å². The molecule has 5 atom stereocenters. The van der Waals surface area contributed by atoms with Crippen LogP contribution in [0.1, 0.15) is 59.3 Å². The van der Waals surface area contributed by atoms with Crippen LogP contribution in [0.15, 0.2) is 0 Å². The SMILES string of the molecule is CCCNC1CCC(CC)CC1SC1CCOC1C. The van der Waals surface area contributed by atoms with Crippen LogP contribution < -0.4 is 5.32 Å². The summed E-state index contributed by atoms with van der Waals surface area (Å²) in [4.78, 5) is 0. The topological polar surface area (TPSA) is 21.3 Å². The van der Waals surface area contributed by atoms with E-state index in [1.54, 1.807) is 0 Å². The van der Waals surface area contributed by atoms with Crippen LogP contribution in [0.3, 0.4) is 0 Å².